The van der Waals surface area contributed by atoms with Crippen LogP contribution in [0.5, 0.6) is 0 Å². The molecule has 1 saturated carbocycles. The van der Waals surface area contributed by atoms with Gasteiger partial charge in [-0.1, -0.05) is 25.7 Å². The topological polar surface area (TPSA) is 156 Å². The number of anilines is 1. The zero-order valence-electron chi connectivity index (χ0n) is 16.8. The summed E-state index contributed by atoms with van der Waals surface area (Å²) in [5, 5.41) is 34.9. The summed E-state index contributed by atoms with van der Waals surface area (Å²) in [6.45, 7) is -0.347. The van der Waals surface area contributed by atoms with Gasteiger partial charge in [-0.2, -0.15) is 10.4 Å². The van der Waals surface area contributed by atoms with Crippen LogP contribution < -0.4 is 5.73 Å². The molecule has 10 nitrogen and oxygen atoms in total. The molecular formula is C20H24FN5O5. The third-order valence-corrected chi connectivity index (χ3v) is 6.12. The lowest BCUT2D eigenvalue weighted by atomic mass is 9.92. The standard InChI is InChI=1S/C20H24FN5O5/c21-12-7-14(26-15(12)18(23)24-10-25-26)20(9-22)17(28)16(27)13(31-20)8-30-19(29)11-5-3-1-2-4-6-11/h7,10-11,13,16-17,27-28H,1-6,8H2,(H2,23,24,25)/t13-,16-,17-,20+/m1/s1. The van der Waals surface area contributed by atoms with E-state index in [-0.39, 0.29) is 35.5 Å². The molecule has 0 amide bonds. The summed E-state index contributed by atoms with van der Waals surface area (Å²) < 4.78 is 26.6. The second-order valence-electron chi connectivity index (χ2n) is 8.04. The minimum atomic E-state index is -2.15. The van der Waals surface area contributed by atoms with Gasteiger partial charge in [-0.15, -0.1) is 0 Å². The molecule has 166 valence electrons. The summed E-state index contributed by atoms with van der Waals surface area (Å²) in [6.07, 6.45) is 2.16. The number of aromatic nitrogens is 3. The zero-order chi connectivity index (χ0) is 22.2. The number of ether oxygens (including phenoxy) is 2. The Morgan fingerprint density at radius 2 is 2.10 bits per heavy atom. The number of carbonyl (C=O) groups excluding carboxylic acids is 1. The molecule has 2 aromatic heterocycles. The number of hydrogen-bond acceptors (Lipinski definition) is 9. The monoisotopic (exact) mass is 433 g/mol. The van der Waals surface area contributed by atoms with Crippen molar-refractivity contribution >= 4 is 17.3 Å². The van der Waals surface area contributed by atoms with Crippen LogP contribution in [-0.4, -0.2) is 55.7 Å². The molecule has 0 aromatic carbocycles. The van der Waals surface area contributed by atoms with Crippen molar-refractivity contribution in [3.63, 3.8) is 0 Å². The molecule has 3 heterocycles. The molecule has 1 saturated heterocycles. The fourth-order valence-electron chi connectivity index (χ4n) is 4.40. The van der Waals surface area contributed by atoms with E-state index in [4.69, 9.17) is 15.2 Å². The summed E-state index contributed by atoms with van der Waals surface area (Å²) in [4.78, 5) is 16.2. The van der Waals surface area contributed by atoms with Crippen LogP contribution in [0.4, 0.5) is 10.2 Å². The third-order valence-electron chi connectivity index (χ3n) is 6.12. The first-order chi connectivity index (χ1) is 14.9. The van der Waals surface area contributed by atoms with Crippen molar-refractivity contribution in [1.29, 1.82) is 5.26 Å². The SMILES string of the molecule is N#C[C@@]1(c2cc(F)c3c(N)ncnn23)O[C@H](COC(=O)C2CCCCCC2)[C@@H](O)[C@H]1O. The van der Waals surface area contributed by atoms with E-state index in [1.165, 1.54) is 0 Å². The van der Waals surface area contributed by atoms with Gasteiger partial charge < -0.3 is 25.4 Å². The van der Waals surface area contributed by atoms with Crippen molar-refractivity contribution in [1.82, 2.24) is 14.6 Å². The van der Waals surface area contributed by atoms with Crippen molar-refractivity contribution in [2.75, 3.05) is 12.3 Å². The van der Waals surface area contributed by atoms with Gasteiger partial charge in [-0.25, -0.2) is 13.9 Å². The number of aliphatic hydroxyl groups excluding tert-OH is 2. The van der Waals surface area contributed by atoms with Gasteiger partial charge >= 0.3 is 5.97 Å². The van der Waals surface area contributed by atoms with Crippen LogP contribution in [0.2, 0.25) is 0 Å². The van der Waals surface area contributed by atoms with E-state index >= 15 is 0 Å². The second-order valence-corrected chi connectivity index (χ2v) is 8.04. The average molecular weight is 433 g/mol. The van der Waals surface area contributed by atoms with Crippen LogP contribution >= 0.6 is 0 Å². The summed E-state index contributed by atoms with van der Waals surface area (Å²) in [6, 6.07) is 2.78. The number of nitriles is 1. The molecule has 1 aliphatic heterocycles. The molecule has 0 spiro atoms. The number of nitrogens with two attached hydrogens (primary N) is 1. The smallest absolute Gasteiger partial charge is 0.309 e. The molecule has 4 N–H and O–H groups in total. The summed E-state index contributed by atoms with van der Waals surface area (Å²) >= 11 is 0. The van der Waals surface area contributed by atoms with Crippen LogP contribution in [0, 0.1) is 23.1 Å². The van der Waals surface area contributed by atoms with Crippen LogP contribution in [-0.2, 0) is 19.9 Å². The third kappa shape index (κ3) is 3.60. The highest BCUT2D eigenvalue weighted by Gasteiger charge is 2.58. The Morgan fingerprint density at radius 3 is 2.77 bits per heavy atom. The van der Waals surface area contributed by atoms with E-state index in [9.17, 15) is 24.7 Å². The first kappa shape index (κ1) is 21.4. The molecule has 0 unspecified atom stereocenters. The van der Waals surface area contributed by atoms with Crippen LogP contribution in [0.15, 0.2) is 12.4 Å². The van der Waals surface area contributed by atoms with Crippen molar-refractivity contribution in [3.05, 3.63) is 23.9 Å². The molecule has 4 atom stereocenters. The quantitative estimate of drug-likeness (QED) is 0.469. The summed E-state index contributed by atoms with van der Waals surface area (Å²) in [7, 11) is 0. The van der Waals surface area contributed by atoms with Gasteiger partial charge in [0.2, 0.25) is 5.60 Å². The summed E-state index contributed by atoms with van der Waals surface area (Å²) in [5.74, 6) is -1.57. The maximum absolute atomic E-state index is 14.5. The number of nitrogens with zero attached hydrogens (tertiary/aromatic N) is 4. The van der Waals surface area contributed by atoms with Gasteiger partial charge in [0.15, 0.2) is 11.6 Å². The number of nitrogen functional groups attached to an aromatic ring is 1. The van der Waals surface area contributed by atoms with E-state index in [1.807, 2.05) is 6.07 Å². The normalized spacial score (nSPS) is 29.5. The highest BCUT2D eigenvalue weighted by molar-refractivity contribution is 5.72. The van der Waals surface area contributed by atoms with E-state index in [1.54, 1.807) is 0 Å². The molecule has 31 heavy (non-hydrogen) atoms. The van der Waals surface area contributed by atoms with E-state index in [0.717, 1.165) is 55.4 Å². The minimum absolute atomic E-state index is 0.152. The molecule has 11 heteroatoms. The second kappa shape index (κ2) is 8.37. The summed E-state index contributed by atoms with van der Waals surface area (Å²) in [5.41, 5.74) is 3.22. The predicted octanol–water partition coefficient (Wildman–Crippen LogP) is 0.804. The number of esters is 1. The number of fused-ring (bicyclic) bond motifs is 1. The van der Waals surface area contributed by atoms with Crippen molar-refractivity contribution in [2.45, 2.75) is 62.4 Å². The molecular weight excluding hydrogens is 409 g/mol. The van der Waals surface area contributed by atoms with Crippen molar-refractivity contribution < 1.29 is 28.9 Å². The number of rotatable bonds is 4. The highest BCUT2D eigenvalue weighted by Crippen LogP contribution is 2.41. The van der Waals surface area contributed by atoms with Gasteiger partial charge in [0.25, 0.3) is 0 Å². The Morgan fingerprint density at radius 1 is 1.39 bits per heavy atom. The van der Waals surface area contributed by atoms with Crippen molar-refractivity contribution in [3.8, 4) is 6.07 Å². The lowest BCUT2D eigenvalue weighted by Crippen LogP contribution is -2.41. The van der Waals surface area contributed by atoms with Gasteiger partial charge in [0.05, 0.1) is 11.6 Å². The molecule has 4 rings (SSSR count). The van der Waals surface area contributed by atoms with Crippen molar-refractivity contribution in [2.24, 2.45) is 5.92 Å². The molecule has 1 aliphatic carbocycles. The minimum Gasteiger partial charge on any atom is -0.463 e. The average Bonchev–Trinajstić information content (AvgIpc) is 3.07. The van der Waals surface area contributed by atoms with Crippen LogP contribution in [0.1, 0.15) is 44.2 Å². The number of carbonyl (C=O) groups is 1. The Hall–Kier alpha value is -2.81. The van der Waals surface area contributed by atoms with E-state index in [2.05, 4.69) is 10.1 Å². The molecule has 2 aromatic rings. The first-order valence-corrected chi connectivity index (χ1v) is 10.3. The fourth-order valence-corrected chi connectivity index (χ4v) is 4.40. The number of aliphatic hydroxyl groups is 2. The molecule has 0 radical (unpaired) electrons. The molecule has 2 fully saturated rings. The molecule has 0 bridgehead atoms. The number of halogens is 1. The fraction of sp³-hybridized carbons (Fsp3) is 0.600. The Labute approximate surface area is 177 Å². The molecule has 2 aliphatic rings. The van der Waals surface area contributed by atoms with E-state index < -0.39 is 29.7 Å². The lowest BCUT2D eigenvalue weighted by molar-refractivity contribution is -0.155. The largest absolute Gasteiger partial charge is 0.463 e. The van der Waals surface area contributed by atoms with Gasteiger partial charge in [-0.3, -0.25) is 4.79 Å². The van der Waals surface area contributed by atoms with E-state index in [0.29, 0.717) is 0 Å². The number of hydrogen-bond donors (Lipinski definition) is 3. The Bertz CT molecular complexity index is 1020. The Kier molecular flexibility index (Phi) is 5.79. The predicted molar refractivity (Wildman–Crippen MR) is 104 cm³/mol. The Balaban J connectivity index is 1.56. The van der Waals surface area contributed by atoms with Gasteiger partial charge in [0.1, 0.15) is 42.8 Å². The van der Waals surface area contributed by atoms with Crippen LogP contribution in [0.3, 0.4) is 0 Å². The highest BCUT2D eigenvalue weighted by atomic mass is 19.1. The zero-order valence-corrected chi connectivity index (χ0v) is 16.8. The first-order valence-electron chi connectivity index (χ1n) is 10.3. The van der Waals surface area contributed by atoms with Crippen LogP contribution in [0.25, 0.3) is 5.52 Å². The maximum Gasteiger partial charge on any atom is 0.309 e. The lowest BCUT2D eigenvalue weighted by Gasteiger charge is -2.24. The maximum atomic E-state index is 14.5. The van der Waals surface area contributed by atoms with Gasteiger partial charge in [-0.05, 0) is 12.8 Å². The van der Waals surface area contributed by atoms with Gasteiger partial charge in [0, 0.05) is 6.07 Å².